The topological polar surface area (TPSA) is 55.2 Å². The van der Waals surface area contributed by atoms with E-state index in [0.29, 0.717) is 29.7 Å². The largest absolute Gasteiger partial charge is 0.493 e. The van der Waals surface area contributed by atoms with Crippen LogP contribution in [0, 0.1) is 11.3 Å². The minimum Gasteiger partial charge on any atom is -0.493 e. The molecule has 1 heterocycles. The molecule has 0 fully saturated rings. The fraction of sp³-hybridized carbons (Fsp3) is 0.333. The number of hydrogen-bond donors (Lipinski definition) is 1. The van der Waals surface area contributed by atoms with E-state index < -0.39 is 0 Å². The second kappa shape index (κ2) is 9.50. The molecule has 6 heteroatoms. The molecule has 1 N–H and O–H groups in total. The molecule has 130 valence electrons. The maximum absolute atomic E-state index is 7.71. The second-order valence-corrected chi connectivity index (χ2v) is 6.12. The molecule has 0 unspecified atom stereocenters. The summed E-state index contributed by atoms with van der Waals surface area (Å²) in [6.07, 6.45) is 0.582. The van der Waals surface area contributed by atoms with Crippen LogP contribution in [0.2, 0.25) is 5.02 Å². The molecule has 0 spiro atoms. The Morgan fingerprint density at radius 3 is 2.67 bits per heavy atom. The minimum absolute atomic E-state index is 0. The summed E-state index contributed by atoms with van der Waals surface area (Å²) in [6.45, 7) is 4.87. The summed E-state index contributed by atoms with van der Waals surface area (Å²) in [6, 6.07) is 11.1. The number of nitrogens with zero attached hydrogens (tertiary/aromatic N) is 1. The quantitative estimate of drug-likeness (QED) is 0.590. The van der Waals surface area contributed by atoms with E-state index >= 15 is 0 Å². The molecule has 0 aliphatic carbocycles. The van der Waals surface area contributed by atoms with Crippen LogP contribution >= 0.6 is 24.0 Å². The van der Waals surface area contributed by atoms with Crippen molar-refractivity contribution in [3.05, 3.63) is 58.4 Å². The van der Waals surface area contributed by atoms with Crippen LogP contribution in [0.4, 0.5) is 0 Å². The number of nitrogens with one attached hydrogen (secondary N) is 1. The Kier molecular flexibility index (Phi) is 8.02. The van der Waals surface area contributed by atoms with Gasteiger partial charge in [0.2, 0.25) is 5.90 Å². The molecule has 0 aliphatic heterocycles. The number of methoxy groups -OCH3 is 1. The Morgan fingerprint density at radius 1 is 1.25 bits per heavy atom. The highest BCUT2D eigenvalue weighted by Gasteiger charge is 2.10. The van der Waals surface area contributed by atoms with E-state index in [0.717, 1.165) is 17.0 Å². The van der Waals surface area contributed by atoms with E-state index in [1.807, 2.05) is 30.3 Å². The molecule has 1 aromatic carbocycles. The van der Waals surface area contributed by atoms with Gasteiger partial charge in [0.25, 0.3) is 0 Å². The molecule has 2 rings (SSSR count). The van der Waals surface area contributed by atoms with E-state index in [2.05, 4.69) is 18.8 Å². The van der Waals surface area contributed by atoms with Crippen LogP contribution in [-0.2, 0) is 11.2 Å². The van der Waals surface area contributed by atoms with Gasteiger partial charge in [0.1, 0.15) is 11.4 Å². The van der Waals surface area contributed by atoms with Crippen molar-refractivity contribution >= 4 is 29.9 Å². The second-order valence-electron chi connectivity index (χ2n) is 5.68. The van der Waals surface area contributed by atoms with Gasteiger partial charge in [-0.25, -0.2) is 4.98 Å². The number of ether oxygens (including phenoxy) is 2. The monoisotopic (exact) mass is 368 g/mol. The lowest BCUT2D eigenvalue weighted by Crippen LogP contribution is -2.08. The molecule has 0 saturated heterocycles. The summed E-state index contributed by atoms with van der Waals surface area (Å²) < 4.78 is 10.8. The smallest absolute Gasteiger partial charge is 0.232 e. The molecule has 24 heavy (non-hydrogen) atoms. The molecule has 0 bridgehead atoms. The zero-order valence-electron chi connectivity index (χ0n) is 14.0. The minimum atomic E-state index is 0. The average Bonchev–Trinajstić information content (AvgIpc) is 2.53. The van der Waals surface area contributed by atoms with Crippen molar-refractivity contribution in [1.29, 1.82) is 5.41 Å². The highest BCUT2D eigenvalue weighted by atomic mass is 35.5. The van der Waals surface area contributed by atoms with Crippen molar-refractivity contribution in [2.45, 2.75) is 20.3 Å². The summed E-state index contributed by atoms with van der Waals surface area (Å²) in [5.41, 5.74) is 2.32. The van der Waals surface area contributed by atoms with Gasteiger partial charge < -0.3 is 9.47 Å². The number of benzene rings is 1. The van der Waals surface area contributed by atoms with Crippen LogP contribution in [0.1, 0.15) is 30.8 Å². The first kappa shape index (κ1) is 20.3. The fourth-order valence-electron chi connectivity index (χ4n) is 2.09. The van der Waals surface area contributed by atoms with Crippen molar-refractivity contribution in [3.8, 4) is 5.75 Å². The average molecular weight is 369 g/mol. The maximum atomic E-state index is 7.71. The van der Waals surface area contributed by atoms with Gasteiger partial charge >= 0.3 is 0 Å². The fourth-order valence-corrected chi connectivity index (χ4v) is 2.28. The van der Waals surface area contributed by atoms with E-state index in [1.165, 1.54) is 7.11 Å². The molecule has 4 nitrogen and oxygen atoms in total. The molecule has 1 aromatic heterocycles. The number of hydrogen-bond acceptors (Lipinski definition) is 4. The zero-order chi connectivity index (χ0) is 16.8. The lowest BCUT2D eigenvalue weighted by atomic mass is 10.1. The first-order chi connectivity index (χ1) is 11.0. The third-order valence-electron chi connectivity index (χ3n) is 3.21. The summed E-state index contributed by atoms with van der Waals surface area (Å²) in [5.74, 6) is 1.31. The van der Waals surface area contributed by atoms with E-state index in [-0.39, 0.29) is 18.3 Å². The zero-order valence-corrected chi connectivity index (χ0v) is 15.6. The van der Waals surface area contributed by atoms with Crippen LogP contribution in [0.25, 0.3) is 0 Å². The molecule has 0 radical (unpaired) electrons. The third kappa shape index (κ3) is 5.69. The van der Waals surface area contributed by atoms with E-state index in [4.69, 9.17) is 26.5 Å². The van der Waals surface area contributed by atoms with Gasteiger partial charge in [-0.3, -0.25) is 5.41 Å². The first-order valence-corrected chi connectivity index (χ1v) is 7.87. The number of rotatable bonds is 6. The van der Waals surface area contributed by atoms with Crippen LogP contribution in [-0.4, -0.2) is 24.6 Å². The molecule has 0 amide bonds. The Morgan fingerprint density at radius 2 is 2.00 bits per heavy atom. The summed E-state index contributed by atoms with van der Waals surface area (Å²) in [7, 11) is 1.46. The molecule has 2 aromatic rings. The highest BCUT2D eigenvalue weighted by Crippen LogP contribution is 2.25. The van der Waals surface area contributed by atoms with Gasteiger partial charge in [-0.2, -0.15) is 0 Å². The van der Waals surface area contributed by atoms with Crippen molar-refractivity contribution in [2.24, 2.45) is 5.92 Å². The summed E-state index contributed by atoms with van der Waals surface area (Å²) in [4.78, 5) is 4.46. The standard InChI is InChI=1S/C18H21ClN2O2.ClH/c1-12(2)11-23-17-8-7-14(19)9-13(17)10-15-5-4-6-16(21-15)18(20)22-3;/h4-9,12,20H,10-11H2,1-3H3;1H. The molecular weight excluding hydrogens is 347 g/mol. The Balaban J connectivity index is 0.00000288. The normalized spacial score (nSPS) is 10.2. The molecule has 0 saturated carbocycles. The van der Waals surface area contributed by atoms with E-state index in [9.17, 15) is 0 Å². The molecular formula is C18H22Cl2N2O2. The maximum Gasteiger partial charge on any atom is 0.232 e. The predicted octanol–water partition coefficient (Wildman–Crippen LogP) is 4.75. The van der Waals surface area contributed by atoms with Crippen molar-refractivity contribution in [2.75, 3.05) is 13.7 Å². The van der Waals surface area contributed by atoms with E-state index in [1.54, 1.807) is 6.07 Å². The van der Waals surface area contributed by atoms with Crippen LogP contribution in [0.5, 0.6) is 5.75 Å². The lowest BCUT2D eigenvalue weighted by Gasteiger charge is -2.14. The van der Waals surface area contributed by atoms with Crippen molar-refractivity contribution in [1.82, 2.24) is 4.98 Å². The van der Waals surface area contributed by atoms with Gasteiger partial charge in [-0.1, -0.05) is 31.5 Å². The van der Waals surface area contributed by atoms with Gasteiger partial charge in [0.15, 0.2) is 0 Å². The molecule has 0 aliphatic rings. The number of aromatic nitrogens is 1. The third-order valence-corrected chi connectivity index (χ3v) is 3.44. The van der Waals surface area contributed by atoms with Crippen molar-refractivity contribution < 1.29 is 9.47 Å². The summed E-state index contributed by atoms with van der Waals surface area (Å²) >= 11 is 6.12. The highest BCUT2D eigenvalue weighted by molar-refractivity contribution is 6.30. The SMILES string of the molecule is COC(=N)c1cccc(Cc2cc(Cl)ccc2OCC(C)C)n1.Cl. The lowest BCUT2D eigenvalue weighted by molar-refractivity contribution is 0.269. The number of halogens is 2. The Labute approximate surface area is 154 Å². The number of pyridine rings is 1. The summed E-state index contributed by atoms with van der Waals surface area (Å²) in [5, 5.41) is 8.38. The van der Waals surface area contributed by atoms with Gasteiger partial charge in [-0.15, -0.1) is 12.4 Å². The molecule has 0 atom stereocenters. The van der Waals surface area contributed by atoms with Crippen LogP contribution in [0.3, 0.4) is 0 Å². The van der Waals surface area contributed by atoms with Gasteiger partial charge in [0.05, 0.1) is 13.7 Å². The Hall–Kier alpha value is -1.78. The predicted molar refractivity (Wildman–Crippen MR) is 99.9 cm³/mol. The van der Waals surface area contributed by atoms with Crippen LogP contribution in [0.15, 0.2) is 36.4 Å². The van der Waals surface area contributed by atoms with Gasteiger partial charge in [-0.05, 0) is 36.2 Å². The first-order valence-electron chi connectivity index (χ1n) is 7.49. The van der Waals surface area contributed by atoms with Crippen molar-refractivity contribution in [3.63, 3.8) is 0 Å². The van der Waals surface area contributed by atoms with Gasteiger partial charge in [0, 0.05) is 22.7 Å². The Bertz CT molecular complexity index is 690. The van der Waals surface area contributed by atoms with Crippen LogP contribution < -0.4 is 4.74 Å².